The predicted octanol–water partition coefficient (Wildman–Crippen LogP) is 3.28. The SMILES string of the molecule is Cc1cc(Br)ccc1NC(=O)CCOC[C@H]1CCCO1. The summed E-state index contributed by atoms with van der Waals surface area (Å²) in [5.74, 6) is -0.0252. The first-order chi connectivity index (χ1) is 9.65. The molecule has 0 unspecified atom stereocenters. The number of aryl methyl sites for hydroxylation is 1. The molecule has 110 valence electrons. The maximum atomic E-state index is 11.8. The molecule has 0 bridgehead atoms. The first kappa shape index (κ1) is 15.5. The van der Waals surface area contributed by atoms with Gasteiger partial charge in [0.25, 0.3) is 0 Å². The van der Waals surface area contributed by atoms with Crippen molar-refractivity contribution in [1.82, 2.24) is 0 Å². The Morgan fingerprint density at radius 3 is 3.10 bits per heavy atom. The predicted molar refractivity (Wildman–Crippen MR) is 81.9 cm³/mol. The number of ether oxygens (including phenoxy) is 2. The summed E-state index contributed by atoms with van der Waals surface area (Å²) in [5.41, 5.74) is 1.88. The third kappa shape index (κ3) is 4.89. The molecule has 1 atom stereocenters. The van der Waals surface area contributed by atoms with E-state index in [4.69, 9.17) is 9.47 Å². The lowest BCUT2D eigenvalue weighted by Gasteiger charge is -2.11. The molecule has 2 rings (SSSR count). The van der Waals surface area contributed by atoms with Crippen LogP contribution in [0.4, 0.5) is 5.69 Å². The molecule has 0 aromatic heterocycles. The highest BCUT2D eigenvalue weighted by molar-refractivity contribution is 9.10. The molecular weight excluding hydrogens is 322 g/mol. The summed E-state index contributed by atoms with van der Waals surface area (Å²) in [6.45, 7) is 3.82. The summed E-state index contributed by atoms with van der Waals surface area (Å²) in [5, 5.41) is 2.89. The molecule has 20 heavy (non-hydrogen) atoms. The van der Waals surface area contributed by atoms with Crippen molar-refractivity contribution in [3.8, 4) is 0 Å². The van der Waals surface area contributed by atoms with Gasteiger partial charge in [0, 0.05) is 16.8 Å². The van der Waals surface area contributed by atoms with Crippen molar-refractivity contribution in [2.45, 2.75) is 32.3 Å². The second kappa shape index (κ2) is 7.76. The fourth-order valence-electron chi connectivity index (χ4n) is 2.14. The summed E-state index contributed by atoms with van der Waals surface area (Å²) in [6.07, 6.45) is 2.75. The van der Waals surface area contributed by atoms with E-state index in [0.717, 1.165) is 35.2 Å². The Kier molecular flexibility index (Phi) is 6.01. The number of anilines is 1. The summed E-state index contributed by atoms with van der Waals surface area (Å²) in [7, 11) is 0. The average Bonchev–Trinajstić information content (AvgIpc) is 2.91. The summed E-state index contributed by atoms with van der Waals surface area (Å²) in [6, 6.07) is 5.78. The highest BCUT2D eigenvalue weighted by Crippen LogP contribution is 2.20. The monoisotopic (exact) mass is 341 g/mol. The highest BCUT2D eigenvalue weighted by atomic mass is 79.9. The number of hydrogen-bond donors (Lipinski definition) is 1. The van der Waals surface area contributed by atoms with Crippen molar-refractivity contribution in [3.05, 3.63) is 28.2 Å². The Labute approximate surface area is 128 Å². The van der Waals surface area contributed by atoms with Gasteiger partial charge in [-0.15, -0.1) is 0 Å². The van der Waals surface area contributed by atoms with Crippen molar-refractivity contribution in [1.29, 1.82) is 0 Å². The van der Waals surface area contributed by atoms with E-state index in [2.05, 4.69) is 21.2 Å². The van der Waals surface area contributed by atoms with Gasteiger partial charge in [0.1, 0.15) is 0 Å². The van der Waals surface area contributed by atoms with E-state index in [-0.39, 0.29) is 12.0 Å². The van der Waals surface area contributed by atoms with Crippen molar-refractivity contribution < 1.29 is 14.3 Å². The van der Waals surface area contributed by atoms with Gasteiger partial charge in [0.2, 0.25) is 5.91 Å². The maximum Gasteiger partial charge on any atom is 0.226 e. The van der Waals surface area contributed by atoms with Crippen LogP contribution in [0.2, 0.25) is 0 Å². The van der Waals surface area contributed by atoms with Crippen LogP contribution in [-0.4, -0.2) is 31.8 Å². The Balaban J connectivity index is 1.67. The summed E-state index contributed by atoms with van der Waals surface area (Å²) >= 11 is 3.40. The molecule has 0 aliphatic carbocycles. The van der Waals surface area contributed by atoms with Gasteiger partial charge in [0.15, 0.2) is 0 Å². The van der Waals surface area contributed by atoms with Gasteiger partial charge in [-0.05, 0) is 43.5 Å². The highest BCUT2D eigenvalue weighted by Gasteiger charge is 2.15. The minimum Gasteiger partial charge on any atom is -0.378 e. The molecule has 1 amide bonds. The molecule has 1 heterocycles. The zero-order valence-electron chi connectivity index (χ0n) is 11.7. The van der Waals surface area contributed by atoms with Gasteiger partial charge in [-0.3, -0.25) is 4.79 Å². The molecule has 1 aliphatic rings. The Hall–Kier alpha value is -0.910. The van der Waals surface area contributed by atoms with Crippen LogP contribution in [0, 0.1) is 6.92 Å². The second-order valence-electron chi connectivity index (χ2n) is 4.97. The number of halogens is 1. The molecule has 0 radical (unpaired) electrons. The van der Waals surface area contributed by atoms with Crippen LogP contribution in [0.3, 0.4) is 0 Å². The van der Waals surface area contributed by atoms with Crippen molar-refractivity contribution in [2.75, 3.05) is 25.1 Å². The normalized spacial score (nSPS) is 18.2. The number of rotatable bonds is 6. The van der Waals surface area contributed by atoms with Gasteiger partial charge < -0.3 is 14.8 Å². The topological polar surface area (TPSA) is 47.6 Å². The lowest BCUT2D eigenvalue weighted by atomic mass is 10.2. The van der Waals surface area contributed by atoms with Crippen LogP contribution in [0.15, 0.2) is 22.7 Å². The van der Waals surface area contributed by atoms with Crippen LogP contribution >= 0.6 is 15.9 Å². The van der Waals surface area contributed by atoms with Crippen molar-refractivity contribution in [2.24, 2.45) is 0 Å². The molecule has 0 saturated carbocycles. The fourth-order valence-corrected chi connectivity index (χ4v) is 2.61. The average molecular weight is 342 g/mol. The van der Waals surface area contributed by atoms with Crippen LogP contribution < -0.4 is 5.32 Å². The first-order valence-electron chi connectivity index (χ1n) is 6.90. The standard InChI is InChI=1S/C15H20BrNO3/c1-11-9-12(16)4-5-14(11)17-15(18)6-8-19-10-13-3-2-7-20-13/h4-5,9,13H,2-3,6-8,10H2,1H3,(H,17,18)/t13-/m1/s1. The van der Waals surface area contributed by atoms with E-state index in [0.29, 0.717) is 19.6 Å². The smallest absolute Gasteiger partial charge is 0.226 e. The molecule has 1 aromatic carbocycles. The Morgan fingerprint density at radius 2 is 2.40 bits per heavy atom. The zero-order chi connectivity index (χ0) is 14.4. The lowest BCUT2D eigenvalue weighted by molar-refractivity contribution is -0.117. The van der Waals surface area contributed by atoms with Crippen LogP contribution in [0.25, 0.3) is 0 Å². The van der Waals surface area contributed by atoms with Gasteiger partial charge in [-0.1, -0.05) is 15.9 Å². The van der Waals surface area contributed by atoms with Gasteiger partial charge in [-0.25, -0.2) is 0 Å². The van der Waals surface area contributed by atoms with Gasteiger partial charge in [0.05, 0.1) is 25.7 Å². The third-order valence-corrected chi connectivity index (χ3v) is 3.76. The molecular formula is C15H20BrNO3. The summed E-state index contributed by atoms with van der Waals surface area (Å²) < 4.78 is 11.9. The molecule has 1 saturated heterocycles. The quantitative estimate of drug-likeness (QED) is 0.807. The van der Waals surface area contributed by atoms with E-state index in [1.807, 2.05) is 25.1 Å². The lowest BCUT2D eigenvalue weighted by Crippen LogP contribution is -2.18. The maximum absolute atomic E-state index is 11.8. The molecule has 5 heteroatoms. The van der Waals surface area contributed by atoms with Crippen molar-refractivity contribution >= 4 is 27.5 Å². The molecule has 4 nitrogen and oxygen atoms in total. The minimum absolute atomic E-state index is 0.0252. The summed E-state index contributed by atoms with van der Waals surface area (Å²) in [4.78, 5) is 11.8. The Morgan fingerprint density at radius 1 is 1.55 bits per heavy atom. The number of carbonyl (C=O) groups excluding carboxylic acids is 1. The second-order valence-corrected chi connectivity index (χ2v) is 5.88. The number of nitrogens with one attached hydrogen (secondary N) is 1. The van der Waals surface area contributed by atoms with E-state index < -0.39 is 0 Å². The van der Waals surface area contributed by atoms with Crippen molar-refractivity contribution in [3.63, 3.8) is 0 Å². The Bertz CT molecular complexity index is 458. The molecule has 1 aliphatic heterocycles. The van der Waals surface area contributed by atoms with Gasteiger partial charge >= 0.3 is 0 Å². The van der Waals surface area contributed by atoms with Crippen LogP contribution in [0.5, 0.6) is 0 Å². The van der Waals surface area contributed by atoms with Gasteiger partial charge in [-0.2, -0.15) is 0 Å². The van der Waals surface area contributed by atoms with Crippen LogP contribution in [0.1, 0.15) is 24.8 Å². The minimum atomic E-state index is -0.0252. The molecule has 0 spiro atoms. The van der Waals surface area contributed by atoms with E-state index in [9.17, 15) is 4.79 Å². The number of amides is 1. The van der Waals surface area contributed by atoms with E-state index in [1.54, 1.807) is 0 Å². The zero-order valence-corrected chi connectivity index (χ0v) is 13.2. The van der Waals surface area contributed by atoms with E-state index >= 15 is 0 Å². The third-order valence-electron chi connectivity index (χ3n) is 3.26. The fraction of sp³-hybridized carbons (Fsp3) is 0.533. The first-order valence-corrected chi connectivity index (χ1v) is 7.70. The van der Waals surface area contributed by atoms with E-state index in [1.165, 1.54) is 0 Å². The molecule has 1 aromatic rings. The number of hydrogen-bond acceptors (Lipinski definition) is 3. The van der Waals surface area contributed by atoms with Crippen LogP contribution in [-0.2, 0) is 14.3 Å². The largest absolute Gasteiger partial charge is 0.378 e. The molecule has 1 fully saturated rings. The number of carbonyl (C=O) groups is 1. The molecule has 1 N–H and O–H groups in total. The number of benzene rings is 1.